The van der Waals surface area contributed by atoms with Crippen LogP contribution in [0, 0.1) is 0 Å². The smallest absolute Gasteiger partial charge is 0.251 e. The van der Waals surface area contributed by atoms with Crippen LogP contribution in [0.2, 0.25) is 0 Å². The molecule has 1 aliphatic rings. The molecular weight excluding hydrogens is 334 g/mol. The average Bonchev–Trinajstić information content (AvgIpc) is 3.25. The monoisotopic (exact) mass is 355 g/mol. The molecule has 2 heterocycles. The van der Waals surface area contributed by atoms with Gasteiger partial charge in [-0.15, -0.1) is 10.2 Å². The lowest BCUT2D eigenvalue weighted by Crippen LogP contribution is -2.25. The molecule has 0 atom stereocenters. The number of nitrogens with zero attached hydrogens (tertiary/aromatic N) is 4. The Balaban J connectivity index is 1.34. The van der Waals surface area contributed by atoms with Crippen LogP contribution in [0.1, 0.15) is 65.3 Å². The lowest BCUT2D eigenvalue weighted by molar-refractivity contribution is 0.0954. The third-order valence-corrected chi connectivity index (χ3v) is 5.42. The van der Waals surface area contributed by atoms with Crippen LogP contribution in [-0.2, 0) is 6.42 Å². The van der Waals surface area contributed by atoms with E-state index in [1.54, 1.807) is 11.3 Å². The minimum atomic E-state index is -0.0445. The lowest BCUT2D eigenvalue weighted by atomic mass is 10.0. The molecule has 0 spiro atoms. The maximum Gasteiger partial charge on any atom is 0.251 e. The van der Waals surface area contributed by atoms with Crippen molar-refractivity contribution in [3.05, 3.63) is 46.2 Å². The summed E-state index contributed by atoms with van der Waals surface area (Å²) in [6.45, 7) is 4.85. The van der Waals surface area contributed by atoms with E-state index in [1.165, 1.54) is 18.4 Å². The molecule has 0 saturated heterocycles. The van der Waals surface area contributed by atoms with Gasteiger partial charge in [0.1, 0.15) is 5.01 Å². The number of carbonyl (C=O) groups excluding carboxylic acids is 1. The van der Waals surface area contributed by atoms with Gasteiger partial charge in [0.2, 0.25) is 4.96 Å². The van der Waals surface area contributed by atoms with E-state index in [0.717, 1.165) is 15.8 Å². The summed E-state index contributed by atoms with van der Waals surface area (Å²) in [5.74, 6) is 1.93. The number of benzene rings is 1. The number of carbonyl (C=O) groups is 1. The quantitative estimate of drug-likeness (QED) is 0.737. The van der Waals surface area contributed by atoms with Crippen molar-refractivity contribution in [2.45, 2.75) is 44.9 Å². The molecule has 6 nitrogen and oxygen atoms in total. The van der Waals surface area contributed by atoms with E-state index in [4.69, 9.17) is 0 Å². The number of rotatable bonds is 6. The molecule has 4 rings (SSSR count). The Morgan fingerprint density at radius 3 is 2.72 bits per heavy atom. The Hall–Kier alpha value is -2.28. The largest absolute Gasteiger partial charge is 0.352 e. The molecule has 3 aromatic rings. The number of fused-ring (bicyclic) bond motifs is 1. The molecule has 1 aromatic carbocycles. The number of hydrogen-bond donors (Lipinski definition) is 1. The second-order valence-corrected chi connectivity index (χ2v) is 7.85. The molecule has 7 heteroatoms. The van der Waals surface area contributed by atoms with Crippen LogP contribution in [-0.4, -0.2) is 32.3 Å². The molecule has 0 radical (unpaired) electrons. The van der Waals surface area contributed by atoms with E-state index >= 15 is 0 Å². The maximum atomic E-state index is 12.2. The first-order chi connectivity index (χ1) is 12.1. The summed E-state index contributed by atoms with van der Waals surface area (Å²) >= 11 is 1.54. The van der Waals surface area contributed by atoms with Gasteiger partial charge in [-0.1, -0.05) is 37.3 Å². The highest BCUT2D eigenvalue weighted by Crippen LogP contribution is 2.39. The summed E-state index contributed by atoms with van der Waals surface area (Å²) in [6.07, 6.45) is 3.06. The molecule has 1 amide bonds. The fourth-order valence-electron chi connectivity index (χ4n) is 2.77. The fraction of sp³-hybridized carbons (Fsp3) is 0.444. The molecule has 0 bridgehead atoms. The van der Waals surface area contributed by atoms with Crippen molar-refractivity contribution in [2.75, 3.05) is 6.54 Å². The van der Waals surface area contributed by atoms with Crippen LogP contribution < -0.4 is 5.32 Å². The van der Waals surface area contributed by atoms with Crippen LogP contribution >= 0.6 is 11.3 Å². The van der Waals surface area contributed by atoms with Crippen molar-refractivity contribution >= 4 is 22.2 Å². The van der Waals surface area contributed by atoms with E-state index in [0.29, 0.717) is 30.4 Å². The van der Waals surface area contributed by atoms with E-state index in [2.05, 4.69) is 34.5 Å². The van der Waals surface area contributed by atoms with E-state index in [1.807, 2.05) is 28.8 Å². The normalized spacial score (nSPS) is 14.4. The van der Waals surface area contributed by atoms with Gasteiger partial charge in [-0.2, -0.15) is 9.61 Å². The predicted molar refractivity (Wildman–Crippen MR) is 97.2 cm³/mol. The van der Waals surface area contributed by atoms with Crippen LogP contribution in [0.15, 0.2) is 24.3 Å². The van der Waals surface area contributed by atoms with Crippen LogP contribution in [0.4, 0.5) is 0 Å². The minimum absolute atomic E-state index is 0.0445. The number of hydrogen-bond acceptors (Lipinski definition) is 5. The van der Waals surface area contributed by atoms with Crippen LogP contribution in [0.3, 0.4) is 0 Å². The van der Waals surface area contributed by atoms with Crippen molar-refractivity contribution in [3.8, 4) is 0 Å². The standard InChI is InChI=1S/C18H21N5OS/c1-11(2)12-3-7-14(8-4-12)17(24)19-10-9-15-22-23-16(13-5-6-13)20-21-18(23)25-15/h3-4,7-8,11,13H,5-6,9-10H2,1-2H3,(H,19,24). The maximum absolute atomic E-state index is 12.2. The summed E-state index contributed by atoms with van der Waals surface area (Å²) in [5, 5.41) is 16.9. The number of amides is 1. The summed E-state index contributed by atoms with van der Waals surface area (Å²) in [4.78, 5) is 13.1. The molecule has 1 saturated carbocycles. The number of nitrogens with one attached hydrogen (secondary N) is 1. The van der Waals surface area contributed by atoms with Crippen molar-refractivity contribution in [3.63, 3.8) is 0 Å². The molecular formula is C18H21N5OS. The van der Waals surface area contributed by atoms with Crippen molar-refractivity contribution in [1.82, 2.24) is 25.1 Å². The third kappa shape index (κ3) is 3.42. The molecule has 0 unspecified atom stereocenters. The zero-order valence-corrected chi connectivity index (χ0v) is 15.2. The van der Waals surface area contributed by atoms with Crippen LogP contribution in [0.25, 0.3) is 4.96 Å². The molecule has 130 valence electrons. The molecule has 1 aliphatic carbocycles. The van der Waals surface area contributed by atoms with Crippen molar-refractivity contribution in [1.29, 1.82) is 0 Å². The van der Waals surface area contributed by atoms with Gasteiger partial charge >= 0.3 is 0 Å². The zero-order chi connectivity index (χ0) is 17.4. The van der Waals surface area contributed by atoms with Gasteiger partial charge in [-0.3, -0.25) is 4.79 Å². The van der Waals surface area contributed by atoms with E-state index in [-0.39, 0.29) is 5.91 Å². The summed E-state index contributed by atoms with van der Waals surface area (Å²) in [5.41, 5.74) is 1.93. The van der Waals surface area contributed by atoms with Gasteiger partial charge in [-0.25, -0.2) is 0 Å². The first kappa shape index (κ1) is 16.2. The van der Waals surface area contributed by atoms with Gasteiger partial charge in [0, 0.05) is 24.4 Å². The minimum Gasteiger partial charge on any atom is -0.352 e. The first-order valence-electron chi connectivity index (χ1n) is 8.71. The highest BCUT2D eigenvalue weighted by Gasteiger charge is 2.29. The fourth-order valence-corrected chi connectivity index (χ4v) is 3.61. The Morgan fingerprint density at radius 2 is 2.04 bits per heavy atom. The third-order valence-electron chi connectivity index (χ3n) is 4.46. The van der Waals surface area contributed by atoms with Crippen molar-refractivity contribution < 1.29 is 4.79 Å². The van der Waals surface area contributed by atoms with E-state index < -0.39 is 0 Å². The predicted octanol–water partition coefficient (Wildman–Crippen LogP) is 3.16. The summed E-state index contributed by atoms with van der Waals surface area (Å²) < 4.78 is 1.87. The molecule has 2 aromatic heterocycles. The van der Waals surface area contributed by atoms with Gasteiger partial charge in [0.25, 0.3) is 5.91 Å². The Bertz CT molecular complexity index is 892. The molecule has 0 aliphatic heterocycles. The van der Waals surface area contributed by atoms with Gasteiger partial charge in [0.15, 0.2) is 5.82 Å². The second kappa shape index (κ2) is 6.55. The molecule has 25 heavy (non-hydrogen) atoms. The SMILES string of the molecule is CC(C)c1ccc(C(=O)NCCc2nn3c(C4CC4)nnc3s2)cc1. The Morgan fingerprint density at radius 1 is 1.28 bits per heavy atom. The van der Waals surface area contributed by atoms with Gasteiger partial charge in [0.05, 0.1) is 0 Å². The van der Waals surface area contributed by atoms with E-state index in [9.17, 15) is 4.79 Å². The van der Waals surface area contributed by atoms with Gasteiger partial charge < -0.3 is 5.32 Å². The topological polar surface area (TPSA) is 72.2 Å². The van der Waals surface area contributed by atoms with Gasteiger partial charge in [-0.05, 0) is 36.5 Å². The summed E-state index contributed by atoms with van der Waals surface area (Å²) in [7, 11) is 0. The molecule has 1 N–H and O–H groups in total. The lowest BCUT2D eigenvalue weighted by Gasteiger charge is -2.07. The highest BCUT2D eigenvalue weighted by atomic mass is 32.1. The number of aromatic nitrogens is 4. The Kier molecular flexibility index (Phi) is 4.25. The van der Waals surface area contributed by atoms with Crippen molar-refractivity contribution in [2.24, 2.45) is 0 Å². The average molecular weight is 355 g/mol. The van der Waals surface area contributed by atoms with Crippen LogP contribution in [0.5, 0.6) is 0 Å². The second-order valence-electron chi connectivity index (χ2n) is 6.81. The molecule has 1 fully saturated rings. The first-order valence-corrected chi connectivity index (χ1v) is 9.52. The highest BCUT2D eigenvalue weighted by molar-refractivity contribution is 7.16. The summed E-state index contributed by atoms with van der Waals surface area (Å²) in [6, 6.07) is 7.80. The zero-order valence-electron chi connectivity index (χ0n) is 14.4. The Labute approximate surface area is 150 Å².